The monoisotopic (exact) mass is 383 g/mol. The van der Waals surface area contributed by atoms with Crippen molar-refractivity contribution in [3.63, 3.8) is 0 Å². The van der Waals surface area contributed by atoms with E-state index in [9.17, 15) is 9.59 Å². The van der Waals surface area contributed by atoms with Gasteiger partial charge in [0.05, 0.1) is 0 Å². The Hall–Kier alpha value is -3.36. The molecule has 2 aliphatic heterocycles. The van der Waals surface area contributed by atoms with Gasteiger partial charge >= 0.3 is 0 Å². The quantitative estimate of drug-likeness (QED) is 0.793. The predicted molar refractivity (Wildman–Crippen MR) is 101 cm³/mol. The third-order valence-corrected chi connectivity index (χ3v) is 4.62. The van der Waals surface area contributed by atoms with E-state index in [1.54, 1.807) is 15.9 Å². The summed E-state index contributed by atoms with van der Waals surface area (Å²) in [5.41, 5.74) is 1.75. The first-order valence-corrected chi connectivity index (χ1v) is 9.13. The summed E-state index contributed by atoms with van der Waals surface area (Å²) in [6, 6.07) is 7.16. The van der Waals surface area contributed by atoms with Crippen molar-refractivity contribution >= 4 is 24.0 Å². The zero-order valence-corrected chi connectivity index (χ0v) is 15.6. The van der Waals surface area contributed by atoms with E-state index in [4.69, 9.17) is 9.47 Å². The van der Waals surface area contributed by atoms with Crippen LogP contribution >= 0.6 is 0 Å². The van der Waals surface area contributed by atoms with Crippen LogP contribution < -0.4 is 14.8 Å². The maximum absolute atomic E-state index is 12.8. The van der Waals surface area contributed by atoms with Crippen molar-refractivity contribution < 1.29 is 19.1 Å². The van der Waals surface area contributed by atoms with Gasteiger partial charge in [-0.2, -0.15) is 0 Å². The third-order valence-electron chi connectivity index (χ3n) is 4.62. The topological polar surface area (TPSA) is 96.9 Å². The highest BCUT2D eigenvalue weighted by molar-refractivity contribution is 5.93. The minimum absolute atomic E-state index is 0.165. The van der Waals surface area contributed by atoms with Crippen LogP contribution in [-0.4, -0.2) is 71.5 Å². The van der Waals surface area contributed by atoms with E-state index in [1.807, 2.05) is 25.1 Å². The average molecular weight is 383 g/mol. The van der Waals surface area contributed by atoms with Crippen LogP contribution in [0.4, 0.5) is 11.6 Å². The van der Waals surface area contributed by atoms with E-state index in [2.05, 4.69) is 15.3 Å². The standard InChI is InChI=1S/C19H21N5O4/c1-13-10-15(18(26)24-6-4-23(12-25)5-7-24)22-19(20-13)21-14-2-3-16-17(11-14)28-9-8-27-16/h2-3,10-12H,4-9H2,1H3,(H,20,21,22). The molecule has 2 aromatic rings. The Morgan fingerprint density at radius 3 is 2.57 bits per heavy atom. The molecule has 0 bridgehead atoms. The van der Waals surface area contributed by atoms with E-state index in [0.29, 0.717) is 68.2 Å². The van der Waals surface area contributed by atoms with Crippen LogP contribution in [-0.2, 0) is 4.79 Å². The van der Waals surface area contributed by atoms with Gasteiger partial charge < -0.3 is 24.6 Å². The van der Waals surface area contributed by atoms with Crippen LogP contribution in [0.1, 0.15) is 16.2 Å². The number of nitrogens with zero attached hydrogens (tertiary/aromatic N) is 4. The van der Waals surface area contributed by atoms with Crippen LogP contribution in [0.2, 0.25) is 0 Å². The van der Waals surface area contributed by atoms with Gasteiger partial charge in [0, 0.05) is 43.6 Å². The first kappa shape index (κ1) is 18.0. The average Bonchev–Trinajstić information content (AvgIpc) is 2.73. The molecule has 4 rings (SSSR count). The number of carbonyl (C=O) groups is 2. The van der Waals surface area contributed by atoms with Gasteiger partial charge in [0.25, 0.3) is 5.91 Å². The number of fused-ring (bicyclic) bond motifs is 1. The lowest BCUT2D eigenvalue weighted by Crippen LogP contribution is -2.48. The maximum Gasteiger partial charge on any atom is 0.272 e. The molecule has 2 aliphatic rings. The number of hydrogen-bond acceptors (Lipinski definition) is 7. The molecular weight excluding hydrogens is 362 g/mol. The molecule has 0 aliphatic carbocycles. The summed E-state index contributed by atoms with van der Waals surface area (Å²) >= 11 is 0. The molecule has 0 saturated carbocycles. The largest absolute Gasteiger partial charge is 0.486 e. The maximum atomic E-state index is 12.8. The molecule has 2 amide bonds. The third kappa shape index (κ3) is 3.83. The lowest BCUT2D eigenvalue weighted by molar-refractivity contribution is -0.119. The Balaban J connectivity index is 1.51. The number of hydrogen-bond donors (Lipinski definition) is 1. The zero-order valence-electron chi connectivity index (χ0n) is 15.6. The fraction of sp³-hybridized carbons (Fsp3) is 0.368. The molecule has 9 heteroatoms. The molecular formula is C19H21N5O4. The summed E-state index contributed by atoms with van der Waals surface area (Å²) < 4.78 is 11.1. The van der Waals surface area contributed by atoms with Gasteiger partial charge in [-0.15, -0.1) is 0 Å². The highest BCUT2D eigenvalue weighted by Crippen LogP contribution is 2.33. The first-order chi connectivity index (χ1) is 13.6. The number of nitrogens with one attached hydrogen (secondary N) is 1. The molecule has 0 unspecified atom stereocenters. The second kappa shape index (κ2) is 7.71. The fourth-order valence-electron chi connectivity index (χ4n) is 3.18. The van der Waals surface area contributed by atoms with Crippen LogP contribution in [0.15, 0.2) is 24.3 Å². The summed E-state index contributed by atoms with van der Waals surface area (Å²) in [7, 11) is 0. The normalized spacial score (nSPS) is 15.9. The molecule has 0 atom stereocenters. The van der Waals surface area contributed by atoms with Crippen molar-refractivity contribution in [2.24, 2.45) is 0 Å². The molecule has 1 aromatic carbocycles. The first-order valence-electron chi connectivity index (χ1n) is 9.13. The Bertz CT molecular complexity index is 896. The van der Waals surface area contributed by atoms with E-state index >= 15 is 0 Å². The second-order valence-corrected chi connectivity index (χ2v) is 6.64. The van der Waals surface area contributed by atoms with Gasteiger partial charge in [0.1, 0.15) is 18.9 Å². The fourth-order valence-corrected chi connectivity index (χ4v) is 3.18. The van der Waals surface area contributed by atoms with Crippen molar-refractivity contribution in [2.45, 2.75) is 6.92 Å². The van der Waals surface area contributed by atoms with Crippen molar-refractivity contribution in [3.8, 4) is 11.5 Å². The lowest BCUT2D eigenvalue weighted by Gasteiger charge is -2.32. The van der Waals surface area contributed by atoms with Crippen LogP contribution in [0, 0.1) is 6.92 Å². The van der Waals surface area contributed by atoms with Gasteiger partial charge in [-0.1, -0.05) is 0 Å². The van der Waals surface area contributed by atoms with Gasteiger partial charge in [-0.05, 0) is 25.1 Å². The smallest absolute Gasteiger partial charge is 0.272 e. The molecule has 1 saturated heterocycles. The van der Waals surface area contributed by atoms with Gasteiger partial charge in [-0.25, -0.2) is 9.97 Å². The molecule has 28 heavy (non-hydrogen) atoms. The van der Waals surface area contributed by atoms with Crippen LogP contribution in [0.3, 0.4) is 0 Å². The number of piperazine rings is 1. The van der Waals surface area contributed by atoms with E-state index in [-0.39, 0.29) is 5.91 Å². The molecule has 146 valence electrons. The number of rotatable bonds is 4. The highest BCUT2D eigenvalue weighted by atomic mass is 16.6. The van der Waals surface area contributed by atoms with Gasteiger partial charge in [0.2, 0.25) is 12.4 Å². The molecule has 1 N–H and O–H groups in total. The van der Waals surface area contributed by atoms with Crippen molar-refractivity contribution in [1.29, 1.82) is 0 Å². The molecule has 0 radical (unpaired) electrons. The SMILES string of the molecule is Cc1cc(C(=O)N2CCN(C=O)CC2)nc(Nc2ccc3c(c2)OCCO3)n1. The lowest BCUT2D eigenvalue weighted by atomic mass is 10.2. The second-order valence-electron chi connectivity index (χ2n) is 6.64. The van der Waals surface area contributed by atoms with Crippen molar-refractivity contribution in [3.05, 3.63) is 35.7 Å². The van der Waals surface area contributed by atoms with E-state index in [1.165, 1.54) is 0 Å². The Morgan fingerprint density at radius 2 is 1.82 bits per heavy atom. The minimum Gasteiger partial charge on any atom is -0.486 e. The minimum atomic E-state index is -0.165. The Kier molecular flexibility index (Phi) is 4.96. The zero-order chi connectivity index (χ0) is 19.5. The summed E-state index contributed by atoms with van der Waals surface area (Å²) in [5.74, 6) is 1.54. The number of benzene rings is 1. The predicted octanol–water partition coefficient (Wildman–Crippen LogP) is 1.21. The molecule has 1 fully saturated rings. The van der Waals surface area contributed by atoms with E-state index < -0.39 is 0 Å². The van der Waals surface area contributed by atoms with Gasteiger partial charge in [-0.3, -0.25) is 9.59 Å². The molecule has 9 nitrogen and oxygen atoms in total. The molecule has 1 aromatic heterocycles. The Labute approximate surface area is 162 Å². The summed E-state index contributed by atoms with van der Waals surface area (Å²) in [6.07, 6.45) is 0.812. The van der Waals surface area contributed by atoms with Crippen molar-refractivity contribution in [2.75, 3.05) is 44.7 Å². The number of anilines is 2. The van der Waals surface area contributed by atoms with Crippen molar-refractivity contribution in [1.82, 2.24) is 19.8 Å². The van der Waals surface area contributed by atoms with Crippen LogP contribution in [0.5, 0.6) is 11.5 Å². The van der Waals surface area contributed by atoms with Crippen LogP contribution in [0.25, 0.3) is 0 Å². The number of carbonyl (C=O) groups excluding carboxylic acids is 2. The number of aromatic nitrogens is 2. The summed E-state index contributed by atoms with van der Waals surface area (Å²) in [4.78, 5) is 35.8. The number of aryl methyl sites for hydroxylation is 1. The highest BCUT2D eigenvalue weighted by Gasteiger charge is 2.23. The molecule has 0 spiro atoms. The summed E-state index contributed by atoms with van der Waals surface area (Å²) in [6.45, 7) is 4.90. The van der Waals surface area contributed by atoms with Gasteiger partial charge in [0.15, 0.2) is 11.5 Å². The Morgan fingerprint density at radius 1 is 1.07 bits per heavy atom. The van der Waals surface area contributed by atoms with E-state index in [0.717, 1.165) is 12.1 Å². The molecule has 3 heterocycles. The number of amides is 2. The summed E-state index contributed by atoms with van der Waals surface area (Å²) in [5, 5.41) is 3.13. The number of ether oxygens (including phenoxy) is 2.